The van der Waals surface area contributed by atoms with Crippen LogP contribution < -0.4 is 5.73 Å². The van der Waals surface area contributed by atoms with Gasteiger partial charge in [-0.05, 0) is 39.5 Å². The number of hydrogen-bond donors (Lipinski definition) is 3. The number of hydrogen-bond acceptors (Lipinski definition) is 3. The Kier molecular flexibility index (Phi) is 7.07. The third kappa shape index (κ3) is 6.36. The number of halogens is 1. The third-order valence-electron chi connectivity index (χ3n) is 2.75. The fraction of sp³-hybridized carbons (Fsp3) is 1.00. The monoisotopic (exact) mass is 239 g/mol. The first kappa shape index (κ1) is 17.6. The fourth-order valence-electron chi connectivity index (χ4n) is 1.45. The van der Waals surface area contributed by atoms with Gasteiger partial charge in [0.1, 0.15) is 0 Å². The highest BCUT2D eigenvalue weighted by atomic mass is 35.5. The summed E-state index contributed by atoms with van der Waals surface area (Å²) in [5.41, 5.74) is 3.65. The van der Waals surface area contributed by atoms with Gasteiger partial charge in [-0.15, -0.1) is 12.4 Å². The van der Waals surface area contributed by atoms with Crippen molar-refractivity contribution in [2.45, 2.75) is 64.7 Å². The standard InChI is InChI=1S/C11H25NO2.ClH/c1-8(2)6-9(12)7-11(5,14)10(3,4)13;/h8-9,13-14H,6-7,12H2,1-5H3;1H. The molecule has 0 heterocycles. The van der Waals surface area contributed by atoms with Gasteiger partial charge in [-0.1, -0.05) is 13.8 Å². The van der Waals surface area contributed by atoms with Crippen LogP contribution in [0.5, 0.6) is 0 Å². The van der Waals surface area contributed by atoms with E-state index in [-0.39, 0.29) is 18.4 Å². The highest BCUT2D eigenvalue weighted by molar-refractivity contribution is 5.85. The lowest BCUT2D eigenvalue weighted by Crippen LogP contribution is -2.51. The van der Waals surface area contributed by atoms with E-state index in [4.69, 9.17) is 5.73 Å². The Labute approximate surface area is 99.5 Å². The van der Waals surface area contributed by atoms with Gasteiger partial charge in [0, 0.05) is 6.04 Å². The van der Waals surface area contributed by atoms with Crippen molar-refractivity contribution in [3.63, 3.8) is 0 Å². The first-order valence-corrected chi connectivity index (χ1v) is 5.26. The SMILES string of the molecule is CC(C)CC(N)CC(C)(O)C(C)(C)O.Cl. The zero-order valence-corrected chi connectivity index (χ0v) is 11.3. The van der Waals surface area contributed by atoms with Crippen LogP contribution in [-0.2, 0) is 0 Å². The Hall–Kier alpha value is 0.170. The average molecular weight is 240 g/mol. The van der Waals surface area contributed by atoms with Crippen molar-refractivity contribution in [2.24, 2.45) is 11.7 Å². The Bertz CT molecular complexity index is 176. The third-order valence-corrected chi connectivity index (χ3v) is 2.75. The number of aliphatic hydroxyl groups is 2. The summed E-state index contributed by atoms with van der Waals surface area (Å²) >= 11 is 0. The van der Waals surface area contributed by atoms with Crippen LogP contribution in [0.2, 0.25) is 0 Å². The van der Waals surface area contributed by atoms with E-state index in [1.807, 2.05) is 0 Å². The van der Waals surface area contributed by atoms with Crippen LogP contribution in [0.25, 0.3) is 0 Å². The molecule has 0 aliphatic heterocycles. The Morgan fingerprint density at radius 2 is 1.53 bits per heavy atom. The van der Waals surface area contributed by atoms with Gasteiger partial charge >= 0.3 is 0 Å². The molecule has 0 spiro atoms. The molecule has 4 N–H and O–H groups in total. The molecule has 2 unspecified atom stereocenters. The summed E-state index contributed by atoms with van der Waals surface area (Å²) in [6.45, 7) is 9.04. The van der Waals surface area contributed by atoms with Crippen LogP contribution in [0.1, 0.15) is 47.5 Å². The lowest BCUT2D eigenvalue weighted by atomic mass is 9.81. The van der Waals surface area contributed by atoms with Crippen LogP contribution >= 0.6 is 12.4 Å². The highest BCUT2D eigenvalue weighted by Gasteiger charge is 2.38. The highest BCUT2D eigenvalue weighted by Crippen LogP contribution is 2.27. The molecule has 0 aromatic heterocycles. The normalized spacial score (nSPS) is 18.2. The van der Waals surface area contributed by atoms with Gasteiger partial charge < -0.3 is 15.9 Å². The van der Waals surface area contributed by atoms with Gasteiger partial charge in [0.25, 0.3) is 0 Å². The Morgan fingerprint density at radius 1 is 1.13 bits per heavy atom. The van der Waals surface area contributed by atoms with Crippen molar-refractivity contribution >= 4 is 12.4 Å². The fourth-order valence-corrected chi connectivity index (χ4v) is 1.45. The van der Waals surface area contributed by atoms with Crippen molar-refractivity contribution in [1.29, 1.82) is 0 Å². The summed E-state index contributed by atoms with van der Waals surface area (Å²) in [4.78, 5) is 0. The van der Waals surface area contributed by atoms with Gasteiger partial charge in [0.2, 0.25) is 0 Å². The topological polar surface area (TPSA) is 66.5 Å². The van der Waals surface area contributed by atoms with Crippen molar-refractivity contribution in [3.8, 4) is 0 Å². The van der Waals surface area contributed by atoms with Gasteiger partial charge in [-0.25, -0.2) is 0 Å². The summed E-state index contributed by atoms with van der Waals surface area (Å²) in [5.74, 6) is 0.516. The quantitative estimate of drug-likeness (QED) is 0.684. The molecule has 0 bridgehead atoms. The first-order valence-electron chi connectivity index (χ1n) is 5.26. The largest absolute Gasteiger partial charge is 0.387 e. The molecule has 4 heteroatoms. The number of nitrogens with two attached hydrogens (primary N) is 1. The smallest absolute Gasteiger partial charge is 0.0914 e. The molecule has 94 valence electrons. The van der Waals surface area contributed by atoms with E-state index in [1.165, 1.54) is 0 Å². The average Bonchev–Trinajstić information content (AvgIpc) is 1.79. The van der Waals surface area contributed by atoms with Crippen LogP contribution in [-0.4, -0.2) is 27.5 Å². The minimum atomic E-state index is -1.12. The molecule has 0 aromatic carbocycles. The van der Waals surface area contributed by atoms with Crippen molar-refractivity contribution in [3.05, 3.63) is 0 Å². The van der Waals surface area contributed by atoms with Crippen LogP contribution in [0.15, 0.2) is 0 Å². The van der Waals surface area contributed by atoms with E-state index in [0.29, 0.717) is 12.3 Å². The second-order valence-electron chi connectivity index (χ2n) is 5.43. The summed E-state index contributed by atoms with van der Waals surface area (Å²) in [5, 5.41) is 19.7. The van der Waals surface area contributed by atoms with E-state index in [0.717, 1.165) is 6.42 Å². The minimum absolute atomic E-state index is 0. The van der Waals surface area contributed by atoms with Crippen LogP contribution in [0, 0.1) is 5.92 Å². The van der Waals surface area contributed by atoms with Crippen LogP contribution in [0.4, 0.5) is 0 Å². The molecule has 0 aliphatic rings. The van der Waals surface area contributed by atoms with E-state index in [2.05, 4.69) is 13.8 Å². The lowest BCUT2D eigenvalue weighted by Gasteiger charge is -2.37. The molecule has 0 amide bonds. The molecule has 0 fully saturated rings. The van der Waals surface area contributed by atoms with E-state index < -0.39 is 11.2 Å². The summed E-state index contributed by atoms with van der Waals surface area (Å²) in [6.07, 6.45) is 1.29. The lowest BCUT2D eigenvalue weighted by molar-refractivity contribution is -0.126. The van der Waals surface area contributed by atoms with Gasteiger partial charge in [-0.3, -0.25) is 0 Å². The second kappa shape index (κ2) is 6.04. The van der Waals surface area contributed by atoms with E-state index >= 15 is 0 Å². The summed E-state index contributed by atoms with van der Waals surface area (Å²) in [6, 6.07) is -0.0589. The van der Waals surface area contributed by atoms with Gasteiger partial charge in [0.15, 0.2) is 0 Å². The van der Waals surface area contributed by atoms with Crippen molar-refractivity contribution in [2.75, 3.05) is 0 Å². The molecule has 2 atom stereocenters. The molecule has 0 radical (unpaired) electrons. The van der Waals surface area contributed by atoms with Crippen molar-refractivity contribution < 1.29 is 10.2 Å². The van der Waals surface area contributed by atoms with Gasteiger partial charge in [-0.2, -0.15) is 0 Å². The molecular weight excluding hydrogens is 214 g/mol. The maximum atomic E-state index is 10.0. The first-order chi connectivity index (χ1) is 6.06. The minimum Gasteiger partial charge on any atom is -0.387 e. The molecule has 0 saturated carbocycles. The maximum absolute atomic E-state index is 10.0. The molecule has 0 aromatic rings. The van der Waals surface area contributed by atoms with Crippen molar-refractivity contribution in [1.82, 2.24) is 0 Å². The van der Waals surface area contributed by atoms with E-state index in [1.54, 1.807) is 20.8 Å². The molecule has 0 saturated heterocycles. The summed E-state index contributed by atoms with van der Waals surface area (Å²) in [7, 11) is 0. The van der Waals surface area contributed by atoms with Crippen LogP contribution in [0.3, 0.4) is 0 Å². The zero-order chi connectivity index (χ0) is 11.6. The van der Waals surface area contributed by atoms with Gasteiger partial charge in [0.05, 0.1) is 11.2 Å². The van der Waals surface area contributed by atoms with E-state index in [9.17, 15) is 10.2 Å². The molecule has 0 rings (SSSR count). The maximum Gasteiger partial charge on any atom is 0.0914 e. The number of rotatable bonds is 5. The summed E-state index contributed by atoms with van der Waals surface area (Å²) < 4.78 is 0. The zero-order valence-electron chi connectivity index (χ0n) is 10.4. The molecular formula is C11H26ClNO2. The second-order valence-corrected chi connectivity index (χ2v) is 5.43. The molecule has 15 heavy (non-hydrogen) atoms. The molecule has 3 nitrogen and oxygen atoms in total. The predicted octanol–water partition coefficient (Wildman–Crippen LogP) is 1.69. The Morgan fingerprint density at radius 3 is 1.80 bits per heavy atom. The Balaban J connectivity index is 0. The molecule has 0 aliphatic carbocycles. The predicted molar refractivity (Wildman–Crippen MR) is 66.2 cm³/mol.